The third-order valence-electron chi connectivity index (χ3n) is 5.80. The smallest absolute Gasteiger partial charge is 0.344 e. The van der Waals surface area contributed by atoms with Gasteiger partial charge in [0.2, 0.25) is 0 Å². The molecule has 0 spiro atoms. The normalized spacial score (nSPS) is 32.4. The highest BCUT2D eigenvalue weighted by Gasteiger charge is 2.61. The van der Waals surface area contributed by atoms with Crippen LogP contribution in [0.5, 0.6) is 0 Å². The second-order valence-electron chi connectivity index (χ2n) is 8.77. The van der Waals surface area contributed by atoms with Crippen LogP contribution in [-0.4, -0.2) is 50.0 Å². The van der Waals surface area contributed by atoms with Crippen LogP contribution >= 0.6 is 22.6 Å². The zero-order valence-corrected chi connectivity index (χ0v) is 18.4. The summed E-state index contributed by atoms with van der Waals surface area (Å²) in [5.74, 6) is -0.941. The average Bonchev–Trinajstić information content (AvgIpc) is 3.08. The first-order chi connectivity index (χ1) is 11.9. The van der Waals surface area contributed by atoms with Crippen LogP contribution in [-0.2, 0) is 19.1 Å². The van der Waals surface area contributed by atoms with Crippen molar-refractivity contribution >= 4 is 34.5 Å². The molecule has 6 unspecified atom stereocenters. The molecule has 0 aromatic heterocycles. The summed E-state index contributed by atoms with van der Waals surface area (Å²) in [6.45, 7) is 8.57. The van der Waals surface area contributed by atoms with Crippen molar-refractivity contribution in [2.75, 3.05) is 6.61 Å². The molecular formula is C19H31IO6. The first kappa shape index (κ1) is 21.9. The van der Waals surface area contributed by atoms with Gasteiger partial charge >= 0.3 is 11.9 Å². The first-order valence-electron chi connectivity index (χ1n) is 9.31. The van der Waals surface area contributed by atoms with Crippen molar-refractivity contribution in [1.29, 1.82) is 0 Å². The van der Waals surface area contributed by atoms with E-state index in [1.54, 1.807) is 27.7 Å². The summed E-state index contributed by atoms with van der Waals surface area (Å²) in [6, 6.07) is 0. The number of carbonyl (C=O) groups is 2. The number of esters is 2. The molecule has 0 heterocycles. The molecule has 2 aliphatic carbocycles. The van der Waals surface area contributed by atoms with E-state index in [0.717, 1.165) is 6.42 Å². The summed E-state index contributed by atoms with van der Waals surface area (Å²) >= 11 is 1.99. The van der Waals surface area contributed by atoms with Gasteiger partial charge in [0, 0.05) is 5.92 Å². The van der Waals surface area contributed by atoms with E-state index < -0.39 is 23.1 Å². The summed E-state index contributed by atoms with van der Waals surface area (Å²) in [6.07, 6.45) is 1.84. The van der Waals surface area contributed by atoms with Crippen LogP contribution in [0.25, 0.3) is 0 Å². The molecule has 0 amide bonds. The highest BCUT2D eigenvalue weighted by atomic mass is 127. The molecular weight excluding hydrogens is 451 g/mol. The molecule has 6 atom stereocenters. The van der Waals surface area contributed by atoms with Crippen molar-refractivity contribution in [3.63, 3.8) is 0 Å². The standard InChI is InChI=1S/C19H31IO6/c1-6-12(20)17(22)25-9-14(21)26-13-8-10-7-11(13)16(19(4,5)24)15(10)18(2,3)23/h10-13,15-16,23-24H,6-9H2,1-5H3. The predicted octanol–water partition coefficient (Wildman–Crippen LogP) is 2.47. The largest absolute Gasteiger partial charge is 0.460 e. The Morgan fingerprint density at radius 1 is 1.12 bits per heavy atom. The lowest BCUT2D eigenvalue weighted by Crippen LogP contribution is -2.52. The summed E-state index contributed by atoms with van der Waals surface area (Å²) in [5.41, 5.74) is -1.87. The van der Waals surface area contributed by atoms with Crippen LogP contribution in [0, 0.1) is 23.7 Å². The molecule has 2 N–H and O–H groups in total. The van der Waals surface area contributed by atoms with E-state index in [2.05, 4.69) is 0 Å². The zero-order valence-electron chi connectivity index (χ0n) is 16.2. The number of ether oxygens (including phenoxy) is 2. The molecule has 150 valence electrons. The Morgan fingerprint density at radius 2 is 1.69 bits per heavy atom. The van der Waals surface area contributed by atoms with E-state index in [-0.39, 0.29) is 40.3 Å². The highest BCUT2D eigenvalue weighted by Crippen LogP contribution is 2.59. The summed E-state index contributed by atoms with van der Waals surface area (Å²) < 4.78 is 10.3. The van der Waals surface area contributed by atoms with Gasteiger partial charge in [-0.2, -0.15) is 0 Å². The van der Waals surface area contributed by atoms with Gasteiger partial charge in [0.05, 0.1) is 11.2 Å². The molecule has 2 bridgehead atoms. The molecule has 6 nitrogen and oxygen atoms in total. The number of hydrogen-bond acceptors (Lipinski definition) is 6. The fourth-order valence-corrected chi connectivity index (χ4v) is 5.19. The first-order valence-corrected chi connectivity index (χ1v) is 10.6. The maximum Gasteiger partial charge on any atom is 0.344 e. The number of fused-ring (bicyclic) bond motifs is 2. The molecule has 7 heteroatoms. The van der Waals surface area contributed by atoms with Crippen molar-refractivity contribution in [2.45, 2.75) is 75.1 Å². The lowest BCUT2D eigenvalue weighted by molar-refractivity contribution is -0.171. The Balaban J connectivity index is 1.99. The number of halogens is 1. The topological polar surface area (TPSA) is 93.1 Å². The van der Waals surface area contributed by atoms with Gasteiger partial charge in [0.25, 0.3) is 0 Å². The van der Waals surface area contributed by atoms with Gasteiger partial charge in [-0.05, 0) is 64.7 Å². The van der Waals surface area contributed by atoms with Crippen LogP contribution in [0.1, 0.15) is 53.9 Å². The second-order valence-corrected chi connectivity index (χ2v) is 10.3. The van der Waals surface area contributed by atoms with Crippen molar-refractivity contribution in [2.24, 2.45) is 23.7 Å². The molecule has 0 saturated heterocycles. The minimum atomic E-state index is -0.975. The van der Waals surface area contributed by atoms with E-state index in [9.17, 15) is 19.8 Å². The Kier molecular flexibility index (Phi) is 6.66. The number of hydrogen-bond donors (Lipinski definition) is 2. The fraction of sp³-hybridized carbons (Fsp3) is 0.895. The molecule has 2 saturated carbocycles. The SMILES string of the molecule is CCC(I)C(=O)OCC(=O)OC1CC2CC1C(C(C)(C)O)C2C(C)(C)O. The van der Waals surface area contributed by atoms with Gasteiger partial charge in [-0.25, -0.2) is 4.79 Å². The third-order valence-corrected chi connectivity index (χ3v) is 7.19. The molecule has 0 aromatic carbocycles. The average molecular weight is 482 g/mol. The molecule has 2 aliphatic rings. The minimum absolute atomic E-state index is 0.00374. The Hall–Kier alpha value is -0.410. The van der Waals surface area contributed by atoms with Crippen LogP contribution in [0.3, 0.4) is 0 Å². The van der Waals surface area contributed by atoms with Crippen molar-refractivity contribution in [1.82, 2.24) is 0 Å². The van der Waals surface area contributed by atoms with Gasteiger partial charge in [0.1, 0.15) is 10.0 Å². The Bertz CT molecular complexity index is 535. The number of rotatable bonds is 7. The van der Waals surface area contributed by atoms with Crippen LogP contribution < -0.4 is 0 Å². The molecule has 26 heavy (non-hydrogen) atoms. The van der Waals surface area contributed by atoms with Crippen LogP contribution in [0.15, 0.2) is 0 Å². The number of aliphatic hydroxyl groups is 2. The number of alkyl halides is 1. The van der Waals surface area contributed by atoms with Gasteiger partial charge in [-0.3, -0.25) is 4.79 Å². The van der Waals surface area contributed by atoms with E-state index >= 15 is 0 Å². The van der Waals surface area contributed by atoms with E-state index in [0.29, 0.717) is 12.8 Å². The minimum Gasteiger partial charge on any atom is -0.460 e. The van der Waals surface area contributed by atoms with E-state index in [1.165, 1.54) is 0 Å². The maximum atomic E-state index is 12.1. The summed E-state index contributed by atoms with van der Waals surface area (Å²) in [7, 11) is 0. The summed E-state index contributed by atoms with van der Waals surface area (Å²) in [4.78, 5) is 23.8. The Labute approximate surface area is 169 Å². The lowest BCUT2D eigenvalue weighted by Gasteiger charge is -2.46. The second kappa shape index (κ2) is 7.91. The quantitative estimate of drug-likeness (QED) is 0.329. The molecule has 0 aromatic rings. The molecule has 2 rings (SSSR count). The van der Waals surface area contributed by atoms with Crippen molar-refractivity contribution < 1.29 is 29.3 Å². The zero-order chi connectivity index (χ0) is 19.9. The lowest BCUT2D eigenvalue weighted by atomic mass is 9.65. The van der Waals surface area contributed by atoms with Gasteiger partial charge < -0.3 is 19.7 Å². The number of carbonyl (C=O) groups excluding carboxylic acids is 2. The molecule has 0 radical (unpaired) electrons. The van der Waals surface area contributed by atoms with Crippen LogP contribution in [0.4, 0.5) is 0 Å². The van der Waals surface area contributed by atoms with Gasteiger partial charge in [0.15, 0.2) is 6.61 Å². The Morgan fingerprint density at radius 3 is 2.19 bits per heavy atom. The molecule has 2 fully saturated rings. The fourth-order valence-electron chi connectivity index (χ4n) is 5.01. The molecule has 0 aliphatic heterocycles. The van der Waals surface area contributed by atoms with Crippen LogP contribution in [0.2, 0.25) is 0 Å². The monoisotopic (exact) mass is 482 g/mol. The van der Waals surface area contributed by atoms with Gasteiger partial charge in [-0.1, -0.05) is 29.5 Å². The van der Waals surface area contributed by atoms with E-state index in [1.807, 2.05) is 29.5 Å². The third kappa shape index (κ3) is 4.70. The van der Waals surface area contributed by atoms with E-state index in [4.69, 9.17) is 9.47 Å². The van der Waals surface area contributed by atoms with Crippen molar-refractivity contribution in [3.05, 3.63) is 0 Å². The van der Waals surface area contributed by atoms with Crippen molar-refractivity contribution in [3.8, 4) is 0 Å². The predicted molar refractivity (Wildman–Crippen MR) is 105 cm³/mol. The van der Waals surface area contributed by atoms with Gasteiger partial charge in [-0.15, -0.1) is 0 Å². The maximum absolute atomic E-state index is 12.1. The highest BCUT2D eigenvalue weighted by molar-refractivity contribution is 14.1. The summed E-state index contributed by atoms with van der Waals surface area (Å²) in [5, 5.41) is 21.3.